The van der Waals surface area contributed by atoms with Gasteiger partial charge in [-0.15, -0.1) is 5.10 Å². The lowest BCUT2D eigenvalue weighted by atomic mass is 10.4. The number of aromatic amines is 1. The molecular weight excluding hydrogens is 258 g/mol. The van der Waals surface area contributed by atoms with Gasteiger partial charge in [-0.05, 0) is 25.8 Å². The second kappa shape index (κ2) is 5.28. The van der Waals surface area contributed by atoms with E-state index in [0.717, 1.165) is 18.7 Å². The summed E-state index contributed by atoms with van der Waals surface area (Å²) < 4.78 is 5.23. The number of H-pyrrole nitrogens is 1. The molecule has 1 fully saturated rings. The first-order valence-corrected chi connectivity index (χ1v) is 6.58. The molecule has 7 nitrogen and oxygen atoms in total. The van der Waals surface area contributed by atoms with Crippen molar-refractivity contribution in [2.24, 2.45) is 0 Å². The van der Waals surface area contributed by atoms with E-state index in [1.807, 2.05) is 6.92 Å². The average Bonchev–Trinajstić information content (AvgIpc) is 3.19. The van der Waals surface area contributed by atoms with Crippen LogP contribution in [-0.4, -0.2) is 32.7 Å². The first-order chi connectivity index (χ1) is 9.76. The molecule has 3 rings (SSSR count). The van der Waals surface area contributed by atoms with Crippen molar-refractivity contribution in [1.82, 2.24) is 20.2 Å². The average molecular weight is 273 g/mol. The molecule has 0 atom stereocenters. The monoisotopic (exact) mass is 273 g/mol. The Morgan fingerprint density at radius 2 is 2.35 bits per heavy atom. The number of hydrogen-bond donors (Lipinski definition) is 2. The van der Waals surface area contributed by atoms with Crippen molar-refractivity contribution >= 4 is 11.6 Å². The van der Waals surface area contributed by atoms with Gasteiger partial charge in [0.25, 0.3) is 5.91 Å². The summed E-state index contributed by atoms with van der Waals surface area (Å²) in [5.74, 6) is 1.57. The predicted octanol–water partition coefficient (Wildman–Crippen LogP) is 1.73. The van der Waals surface area contributed by atoms with Gasteiger partial charge in [-0.2, -0.15) is 0 Å². The van der Waals surface area contributed by atoms with Crippen molar-refractivity contribution in [3.63, 3.8) is 0 Å². The lowest BCUT2D eigenvalue weighted by Gasteiger charge is -2.04. The highest BCUT2D eigenvalue weighted by Crippen LogP contribution is 2.37. The van der Waals surface area contributed by atoms with E-state index in [1.165, 1.54) is 6.20 Å². The Balaban J connectivity index is 1.64. The number of carbonyl (C=O) groups is 1. The summed E-state index contributed by atoms with van der Waals surface area (Å²) in [5, 5.41) is 9.43. The SMILES string of the molecule is CCOc1ccc(NC(=O)c2n[nH]c(C3CC3)n2)cn1. The van der Waals surface area contributed by atoms with Crippen molar-refractivity contribution in [3.8, 4) is 5.88 Å². The molecule has 0 saturated heterocycles. The molecular formula is C13H15N5O2. The van der Waals surface area contributed by atoms with Gasteiger partial charge in [0, 0.05) is 12.0 Å². The molecule has 0 bridgehead atoms. The van der Waals surface area contributed by atoms with Crippen LogP contribution in [0.3, 0.4) is 0 Å². The fourth-order valence-corrected chi connectivity index (χ4v) is 1.79. The van der Waals surface area contributed by atoms with Crippen molar-refractivity contribution in [2.75, 3.05) is 11.9 Å². The van der Waals surface area contributed by atoms with Crippen LogP contribution in [0, 0.1) is 0 Å². The van der Waals surface area contributed by atoms with Gasteiger partial charge >= 0.3 is 0 Å². The van der Waals surface area contributed by atoms with Gasteiger partial charge in [-0.1, -0.05) is 0 Å². The summed E-state index contributed by atoms with van der Waals surface area (Å²) in [6.45, 7) is 2.44. The number of rotatable bonds is 5. The fourth-order valence-electron chi connectivity index (χ4n) is 1.79. The quantitative estimate of drug-likeness (QED) is 0.865. The van der Waals surface area contributed by atoms with E-state index in [9.17, 15) is 4.79 Å². The van der Waals surface area contributed by atoms with E-state index in [0.29, 0.717) is 24.1 Å². The van der Waals surface area contributed by atoms with Gasteiger partial charge in [0.15, 0.2) is 0 Å². The summed E-state index contributed by atoms with van der Waals surface area (Å²) in [4.78, 5) is 20.2. The molecule has 0 radical (unpaired) electrons. The van der Waals surface area contributed by atoms with Gasteiger partial charge in [0.2, 0.25) is 11.7 Å². The maximum atomic E-state index is 12.0. The van der Waals surface area contributed by atoms with E-state index >= 15 is 0 Å². The number of nitrogens with one attached hydrogen (secondary N) is 2. The van der Waals surface area contributed by atoms with Gasteiger partial charge in [-0.3, -0.25) is 9.89 Å². The highest BCUT2D eigenvalue weighted by Gasteiger charge is 2.28. The second-order valence-corrected chi connectivity index (χ2v) is 4.59. The molecule has 2 heterocycles. The largest absolute Gasteiger partial charge is 0.478 e. The van der Waals surface area contributed by atoms with E-state index in [2.05, 4.69) is 25.5 Å². The fraction of sp³-hybridized carbons (Fsp3) is 0.385. The Bertz CT molecular complexity index is 603. The lowest BCUT2D eigenvalue weighted by Crippen LogP contribution is -2.14. The van der Waals surface area contributed by atoms with Crippen LogP contribution in [0.1, 0.15) is 42.1 Å². The molecule has 7 heteroatoms. The second-order valence-electron chi connectivity index (χ2n) is 4.59. The van der Waals surface area contributed by atoms with Crippen LogP contribution in [0.25, 0.3) is 0 Å². The summed E-state index contributed by atoms with van der Waals surface area (Å²) in [6.07, 6.45) is 3.76. The standard InChI is InChI=1S/C13H15N5O2/c1-2-20-10-6-5-9(7-14-10)15-13(19)12-16-11(17-18-12)8-3-4-8/h5-8H,2-4H2,1H3,(H,15,19)(H,16,17,18). The number of pyridine rings is 1. The van der Waals surface area contributed by atoms with Crippen molar-refractivity contribution in [2.45, 2.75) is 25.7 Å². The molecule has 1 aliphatic carbocycles. The van der Waals surface area contributed by atoms with Crippen LogP contribution >= 0.6 is 0 Å². The van der Waals surface area contributed by atoms with Crippen LogP contribution in [-0.2, 0) is 0 Å². The molecule has 20 heavy (non-hydrogen) atoms. The van der Waals surface area contributed by atoms with E-state index in [1.54, 1.807) is 12.1 Å². The minimum absolute atomic E-state index is 0.154. The van der Waals surface area contributed by atoms with Gasteiger partial charge in [0.05, 0.1) is 18.5 Å². The molecule has 1 aliphatic rings. The Labute approximate surface area is 115 Å². The Hall–Kier alpha value is -2.44. The van der Waals surface area contributed by atoms with E-state index < -0.39 is 0 Å². The zero-order valence-corrected chi connectivity index (χ0v) is 11.1. The van der Waals surface area contributed by atoms with Crippen molar-refractivity contribution in [1.29, 1.82) is 0 Å². The first-order valence-electron chi connectivity index (χ1n) is 6.58. The first kappa shape index (κ1) is 12.6. The zero-order chi connectivity index (χ0) is 13.9. The Morgan fingerprint density at radius 3 is 3.00 bits per heavy atom. The topological polar surface area (TPSA) is 92.8 Å². The number of aromatic nitrogens is 4. The van der Waals surface area contributed by atoms with E-state index in [4.69, 9.17) is 4.74 Å². The number of ether oxygens (including phenoxy) is 1. The molecule has 0 aliphatic heterocycles. The number of nitrogens with zero attached hydrogens (tertiary/aromatic N) is 3. The summed E-state index contributed by atoms with van der Waals surface area (Å²) in [5.41, 5.74) is 0.580. The molecule has 2 aromatic rings. The third kappa shape index (κ3) is 2.76. The Kier molecular flexibility index (Phi) is 3.32. The van der Waals surface area contributed by atoms with Crippen molar-refractivity contribution < 1.29 is 9.53 Å². The van der Waals surface area contributed by atoms with Crippen LogP contribution in [0.4, 0.5) is 5.69 Å². The van der Waals surface area contributed by atoms with Crippen LogP contribution < -0.4 is 10.1 Å². The molecule has 0 unspecified atom stereocenters. The maximum absolute atomic E-state index is 12.0. The molecule has 2 N–H and O–H groups in total. The van der Waals surface area contributed by atoms with Gasteiger partial charge < -0.3 is 10.1 Å². The maximum Gasteiger partial charge on any atom is 0.295 e. The van der Waals surface area contributed by atoms with Crippen LogP contribution in [0.2, 0.25) is 0 Å². The van der Waals surface area contributed by atoms with Crippen molar-refractivity contribution in [3.05, 3.63) is 30.0 Å². The normalized spacial score (nSPS) is 14.1. The third-order valence-corrected chi connectivity index (χ3v) is 2.96. The Morgan fingerprint density at radius 1 is 1.50 bits per heavy atom. The highest BCUT2D eigenvalue weighted by molar-refractivity contribution is 6.01. The highest BCUT2D eigenvalue weighted by atomic mass is 16.5. The van der Waals surface area contributed by atoms with Gasteiger partial charge in [0.1, 0.15) is 5.82 Å². The zero-order valence-electron chi connectivity index (χ0n) is 11.1. The van der Waals surface area contributed by atoms with Crippen LogP contribution in [0.5, 0.6) is 5.88 Å². The summed E-state index contributed by atoms with van der Waals surface area (Å²) in [6, 6.07) is 3.43. The number of carbonyl (C=O) groups excluding carboxylic acids is 1. The summed E-state index contributed by atoms with van der Waals surface area (Å²) >= 11 is 0. The van der Waals surface area contributed by atoms with Gasteiger partial charge in [-0.25, -0.2) is 9.97 Å². The smallest absolute Gasteiger partial charge is 0.295 e. The number of amides is 1. The van der Waals surface area contributed by atoms with E-state index in [-0.39, 0.29) is 11.7 Å². The third-order valence-electron chi connectivity index (χ3n) is 2.96. The minimum atomic E-state index is -0.348. The van der Waals surface area contributed by atoms with Crippen LogP contribution in [0.15, 0.2) is 18.3 Å². The molecule has 1 amide bonds. The molecule has 0 aromatic carbocycles. The molecule has 2 aromatic heterocycles. The minimum Gasteiger partial charge on any atom is -0.478 e. The number of anilines is 1. The molecule has 0 spiro atoms. The molecule has 1 saturated carbocycles. The summed E-state index contributed by atoms with van der Waals surface area (Å²) in [7, 11) is 0. The number of hydrogen-bond acceptors (Lipinski definition) is 5. The lowest BCUT2D eigenvalue weighted by molar-refractivity contribution is 0.101. The molecule has 104 valence electrons. The predicted molar refractivity (Wildman–Crippen MR) is 71.7 cm³/mol.